The van der Waals surface area contributed by atoms with Crippen LogP contribution in [-0.2, 0) is 0 Å². The van der Waals surface area contributed by atoms with Crippen LogP contribution in [0.1, 0.15) is 0 Å². The van der Waals surface area contributed by atoms with Gasteiger partial charge in [-0.15, -0.1) is 0 Å². The van der Waals surface area contributed by atoms with E-state index in [2.05, 4.69) is 168 Å². The normalized spacial score (nSPS) is 11.3. The lowest BCUT2D eigenvalue weighted by molar-refractivity contribution is 0.668. The molecular weight excluding hydrogens is 585 g/mol. The molecule has 0 saturated heterocycles. The van der Waals surface area contributed by atoms with Gasteiger partial charge in [-0.05, 0) is 111 Å². The quantitative estimate of drug-likeness (QED) is 0.187. The summed E-state index contributed by atoms with van der Waals surface area (Å²) in [6, 6.07) is 62.4. The number of nitrogens with zero attached hydrogens (tertiary/aromatic N) is 2. The van der Waals surface area contributed by atoms with Gasteiger partial charge in [-0.25, -0.2) is 0 Å². The van der Waals surface area contributed by atoms with Crippen molar-refractivity contribution in [3.63, 3.8) is 0 Å². The molecule has 3 heteroatoms. The molecule has 2 aromatic heterocycles. The Kier molecular flexibility index (Phi) is 6.80. The number of anilines is 3. The molecule has 3 nitrogen and oxygen atoms in total. The van der Waals surface area contributed by atoms with E-state index in [9.17, 15) is 0 Å². The summed E-state index contributed by atoms with van der Waals surface area (Å²) in [7, 11) is 0. The molecule has 226 valence electrons. The average molecular weight is 615 g/mol. The summed E-state index contributed by atoms with van der Waals surface area (Å²) < 4.78 is 6.01. The van der Waals surface area contributed by atoms with Gasteiger partial charge in [-0.3, -0.25) is 4.98 Å². The van der Waals surface area contributed by atoms with E-state index in [0.29, 0.717) is 0 Å². The first-order valence-electron chi connectivity index (χ1n) is 16.2. The number of hydrogen-bond donors (Lipinski definition) is 0. The molecule has 2 heterocycles. The summed E-state index contributed by atoms with van der Waals surface area (Å²) >= 11 is 0. The van der Waals surface area contributed by atoms with Crippen LogP contribution in [0.25, 0.3) is 66.2 Å². The van der Waals surface area contributed by atoms with E-state index in [4.69, 9.17) is 4.42 Å². The Morgan fingerprint density at radius 2 is 0.896 bits per heavy atom. The van der Waals surface area contributed by atoms with Crippen molar-refractivity contribution in [3.05, 3.63) is 182 Å². The maximum absolute atomic E-state index is 6.01. The van der Waals surface area contributed by atoms with Crippen LogP contribution in [-0.4, -0.2) is 4.98 Å². The minimum atomic E-state index is 0.806. The lowest BCUT2D eigenvalue weighted by Gasteiger charge is -2.26. The zero-order chi connectivity index (χ0) is 31.9. The highest BCUT2D eigenvalue weighted by molar-refractivity contribution is 6.04. The molecular formula is C45H30N2O. The van der Waals surface area contributed by atoms with Gasteiger partial charge >= 0.3 is 0 Å². The monoisotopic (exact) mass is 614 g/mol. The van der Waals surface area contributed by atoms with Gasteiger partial charge in [0.05, 0.1) is 0 Å². The van der Waals surface area contributed by atoms with Gasteiger partial charge < -0.3 is 9.32 Å². The Hall–Kier alpha value is -6.45. The van der Waals surface area contributed by atoms with E-state index in [1.165, 1.54) is 33.0 Å². The molecule has 0 saturated carbocycles. The predicted molar refractivity (Wildman–Crippen MR) is 200 cm³/mol. The molecule has 0 N–H and O–H groups in total. The van der Waals surface area contributed by atoms with Gasteiger partial charge in [0.25, 0.3) is 0 Å². The summed E-state index contributed by atoms with van der Waals surface area (Å²) in [6.07, 6.45) is 1.81. The Morgan fingerprint density at radius 3 is 1.56 bits per heavy atom. The van der Waals surface area contributed by atoms with Crippen LogP contribution in [0.15, 0.2) is 187 Å². The minimum absolute atomic E-state index is 0.806. The van der Waals surface area contributed by atoms with E-state index in [1.54, 1.807) is 0 Å². The van der Waals surface area contributed by atoms with Gasteiger partial charge in [0.15, 0.2) is 5.58 Å². The lowest BCUT2D eigenvalue weighted by atomic mass is 10.0. The highest BCUT2D eigenvalue weighted by Gasteiger charge is 2.15. The zero-order valence-electron chi connectivity index (χ0n) is 26.1. The Bertz CT molecular complexity index is 2530. The minimum Gasteiger partial charge on any atom is -0.454 e. The van der Waals surface area contributed by atoms with Crippen molar-refractivity contribution in [1.29, 1.82) is 0 Å². The van der Waals surface area contributed by atoms with Crippen LogP contribution in [0.4, 0.5) is 17.1 Å². The second kappa shape index (κ2) is 11.7. The SMILES string of the molecule is c1ccc(-c2ccc(N(c3ccc(-c4ccc5ccccc5c4)cc3)c3ccc(-c4ccc5oc6cccnc6c5c4)cc3)cc2)cc1. The largest absolute Gasteiger partial charge is 0.454 e. The first kappa shape index (κ1) is 27.8. The number of fused-ring (bicyclic) bond motifs is 4. The van der Waals surface area contributed by atoms with Gasteiger partial charge in [-0.1, -0.05) is 109 Å². The number of rotatable bonds is 6. The average Bonchev–Trinajstić information content (AvgIpc) is 3.54. The van der Waals surface area contributed by atoms with Crippen molar-refractivity contribution in [2.75, 3.05) is 4.90 Å². The van der Waals surface area contributed by atoms with Gasteiger partial charge in [0.1, 0.15) is 11.1 Å². The molecule has 9 aromatic rings. The van der Waals surface area contributed by atoms with Crippen molar-refractivity contribution in [3.8, 4) is 33.4 Å². The van der Waals surface area contributed by atoms with Crippen LogP contribution >= 0.6 is 0 Å². The zero-order valence-corrected chi connectivity index (χ0v) is 26.1. The van der Waals surface area contributed by atoms with Crippen molar-refractivity contribution in [1.82, 2.24) is 4.98 Å². The van der Waals surface area contributed by atoms with Crippen LogP contribution in [0.3, 0.4) is 0 Å². The van der Waals surface area contributed by atoms with Crippen molar-refractivity contribution in [2.24, 2.45) is 0 Å². The summed E-state index contributed by atoms with van der Waals surface area (Å²) in [6.45, 7) is 0. The van der Waals surface area contributed by atoms with E-state index >= 15 is 0 Å². The number of benzene rings is 7. The van der Waals surface area contributed by atoms with Gasteiger partial charge in [0.2, 0.25) is 0 Å². The number of furan rings is 1. The van der Waals surface area contributed by atoms with Gasteiger partial charge in [-0.2, -0.15) is 0 Å². The van der Waals surface area contributed by atoms with E-state index in [0.717, 1.165) is 50.3 Å². The van der Waals surface area contributed by atoms with Crippen LogP contribution < -0.4 is 4.90 Å². The number of aromatic nitrogens is 1. The highest BCUT2D eigenvalue weighted by Crippen LogP contribution is 2.38. The number of hydrogen-bond acceptors (Lipinski definition) is 3. The number of pyridine rings is 1. The Morgan fingerprint density at radius 1 is 0.375 bits per heavy atom. The molecule has 0 aliphatic heterocycles. The molecule has 7 aromatic carbocycles. The van der Waals surface area contributed by atoms with E-state index in [-0.39, 0.29) is 0 Å². The van der Waals surface area contributed by atoms with Crippen molar-refractivity contribution in [2.45, 2.75) is 0 Å². The molecule has 0 fully saturated rings. The van der Waals surface area contributed by atoms with Gasteiger partial charge in [0, 0.05) is 28.6 Å². The third-order valence-electron chi connectivity index (χ3n) is 9.13. The lowest BCUT2D eigenvalue weighted by Crippen LogP contribution is -2.09. The molecule has 0 amide bonds. The second-order valence-corrected chi connectivity index (χ2v) is 12.1. The molecule has 0 radical (unpaired) electrons. The Labute approximate surface area is 279 Å². The van der Waals surface area contributed by atoms with E-state index in [1.807, 2.05) is 24.4 Å². The van der Waals surface area contributed by atoms with Crippen LogP contribution in [0.5, 0.6) is 0 Å². The smallest absolute Gasteiger partial charge is 0.153 e. The molecule has 0 bridgehead atoms. The predicted octanol–water partition coefficient (Wildman–Crippen LogP) is 12.6. The third-order valence-corrected chi connectivity index (χ3v) is 9.13. The highest BCUT2D eigenvalue weighted by atomic mass is 16.3. The molecule has 0 atom stereocenters. The fourth-order valence-electron chi connectivity index (χ4n) is 6.63. The maximum Gasteiger partial charge on any atom is 0.153 e. The summed E-state index contributed by atoms with van der Waals surface area (Å²) in [5.74, 6) is 0. The topological polar surface area (TPSA) is 29.3 Å². The summed E-state index contributed by atoms with van der Waals surface area (Å²) in [5.41, 5.74) is 12.9. The third kappa shape index (κ3) is 5.08. The fraction of sp³-hybridized carbons (Fsp3) is 0. The standard InChI is InChI=1S/C45H30N2O/c1-2-7-31(8-3-1)33-14-21-39(22-15-33)47(40-23-16-34(17-24-40)37-13-12-32-9-4-5-10-36(32)29-37)41-25-18-35(19-26-41)38-20-27-43-42(30-38)45-44(48-43)11-6-28-46-45/h1-30H. The second-order valence-electron chi connectivity index (χ2n) is 12.1. The molecule has 9 rings (SSSR count). The van der Waals surface area contributed by atoms with Crippen molar-refractivity contribution >= 4 is 49.9 Å². The first-order chi connectivity index (χ1) is 23.8. The van der Waals surface area contributed by atoms with Crippen LogP contribution in [0.2, 0.25) is 0 Å². The fourth-order valence-corrected chi connectivity index (χ4v) is 6.63. The maximum atomic E-state index is 6.01. The van der Waals surface area contributed by atoms with E-state index < -0.39 is 0 Å². The van der Waals surface area contributed by atoms with Crippen molar-refractivity contribution < 1.29 is 4.42 Å². The first-order valence-corrected chi connectivity index (χ1v) is 16.2. The summed E-state index contributed by atoms with van der Waals surface area (Å²) in [4.78, 5) is 6.89. The summed E-state index contributed by atoms with van der Waals surface area (Å²) in [5, 5.41) is 3.52. The Balaban J connectivity index is 1.09. The van der Waals surface area contributed by atoms with Crippen LogP contribution in [0, 0.1) is 0 Å². The molecule has 0 unspecified atom stereocenters. The molecule has 0 aliphatic carbocycles. The molecule has 0 spiro atoms. The molecule has 48 heavy (non-hydrogen) atoms. The molecule has 0 aliphatic rings.